The molecule has 15 heteroatoms. The van der Waals surface area contributed by atoms with Crippen LogP contribution in [0, 0.1) is 3.57 Å². The van der Waals surface area contributed by atoms with E-state index >= 15 is 0 Å². The summed E-state index contributed by atoms with van der Waals surface area (Å²) in [5.41, 5.74) is -0.0246. The van der Waals surface area contributed by atoms with E-state index in [4.69, 9.17) is 37.4 Å². The Morgan fingerprint density at radius 2 is 1.82 bits per heavy atom. The number of carbonyl (C=O) groups is 3. The summed E-state index contributed by atoms with van der Waals surface area (Å²) >= 11 is 14.9. The van der Waals surface area contributed by atoms with Gasteiger partial charge in [-0.1, -0.05) is 29.3 Å². The molecule has 4 rings (SSSR count). The van der Waals surface area contributed by atoms with E-state index in [0.29, 0.717) is 65.6 Å². The van der Waals surface area contributed by atoms with Gasteiger partial charge in [0.1, 0.15) is 18.9 Å². The summed E-state index contributed by atoms with van der Waals surface area (Å²) in [5.74, 6) is -0.808. The molecule has 1 heterocycles. The number of alkyl halides is 3. The second-order valence-electron chi connectivity index (χ2n) is 9.02. The number of nitrogens with one attached hydrogen (secondary N) is 1. The number of thioether (sulfide) groups is 1. The van der Waals surface area contributed by atoms with Crippen molar-refractivity contribution in [2.75, 3.05) is 25.6 Å². The van der Waals surface area contributed by atoms with Crippen molar-refractivity contribution >= 4 is 86.4 Å². The van der Waals surface area contributed by atoms with Crippen molar-refractivity contribution in [2.24, 2.45) is 0 Å². The lowest BCUT2D eigenvalue weighted by Gasteiger charge is -2.16. The number of anilines is 1. The van der Waals surface area contributed by atoms with Crippen LogP contribution in [-0.2, 0) is 22.4 Å². The Hall–Kier alpha value is -3.14. The fourth-order valence-corrected chi connectivity index (χ4v) is 6.05. The van der Waals surface area contributed by atoms with Crippen molar-refractivity contribution in [3.63, 3.8) is 0 Å². The third kappa shape index (κ3) is 8.11. The normalized spacial score (nSPS) is 14.3. The minimum atomic E-state index is -4.66. The average Bonchev–Trinajstić information content (AvgIpc) is 3.20. The molecule has 1 N–H and O–H groups in total. The van der Waals surface area contributed by atoms with Crippen molar-refractivity contribution in [2.45, 2.75) is 19.7 Å². The molecule has 3 aromatic rings. The molecular formula is C29H22Cl2F3IN2O6S. The first kappa shape index (κ1) is 33.7. The molecule has 232 valence electrons. The zero-order chi connectivity index (χ0) is 32.2. The number of halogens is 6. The van der Waals surface area contributed by atoms with Crippen molar-refractivity contribution < 1.29 is 41.8 Å². The van der Waals surface area contributed by atoms with Crippen LogP contribution < -0.4 is 19.5 Å². The van der Waals surface area contributed by atoms with Gasteiger partial charge in [-0.15, -0.1) is 0 Å². The van der Waals surface area contributed by atoms with Crippen LogP contribution >= 0.6 is 57.6 Å². The van der Waals surface area contributed by atoms with E-state index in [9.17, 15) is 27.6 Å². The van der Waals surface area contributed by atoms with Gasteiger partial charge < -0.3 is 19.5 Å². The highest BCUT2D eigenvalue weighted by Crippen LogP contribution is 2.39. The maximum Gasteiger partial charge on any atom is 0.416 e. The average molecular weight is 781 g/mol. The third-order valence-electron chi connectivity index (χ3n) is 5.99. The van der Waals surface area contributed by atoms with Crippen LogP contribution in [-0.4, -0.2) is 42.2 Å². The van der Waals surface area contributed by atoms with Crippen LogP contribution in [0.3, 0.4) is 0 Å². The molecule has 1 fully saturated rings. The molecule has 0 bridgehead atoms. The van der Waals surface area contributed by atoms with Crippen LogP contribution in [0.5, 0.6) is 17.2 Å². The molecule has 0 aliphatic carbocycles. The molecule has 1 aliphatic rings. The SMILES string of the molecule is CCOc1cc(/C=C2\SC(=O)N(CC(=O)Nc3cc(C(F)(F)F)ccc3OC)C2=O)cc(I)c1OCc1ccc(Cl)cc1Cl. The zero-order valence-corrected chi connectivity index (χ0v) is 27.4. The number of hydrogen-bond donors (Lipinski definition) is 1. The van der Waals surface area contributed by atoms with Gasteiger partial charge in [0.05, 0.1) is 33.4 Å². The van der Waals surface area contributed by atoms with Crippen LogP contribution in [0.1, 0.15) is 23.6 Å². The molecule has 8 nitrogen and oxygen atoms in total. The number of ether oxygens (including phenoxy) is 3. The van der Waals surface area contributed by atoms with E-state index in [1.165, 1.54) is 13.2 Å². The first-order chi connectivity index (χ1) is 20.8. The van der Waals surface area contributed by atoms with Gasteiger partial charge in [-0.3, -0.25) is 19.3 Å². The van der Waals surface area contributed by atoms with Crippen molar-refractivity contribution in [3.8, 4) is 17.2 Å². The third-order valence-corrected chi connectivity index (χ3v) is 8.29. The van der Waals surface area contributed by atoms with Crippen LogP contribution in [0.25, 0.3) is 6.08 Å². The van der Waals surface area contributed by atoms with E-state index < -0.39 is 35.3 Å². The zero-order valence-electron chi connectivity index (χ0n) is 22.9. The Bertz CT molecular complexity index is 1650. The standard InChI is InChI=1S/C29H22Cl2F3IN2O6S/c1-3-42-23-9-15(8-20(35)26(23)43-14-16-4-6-18(30)12-19(16)31)10-24-27(39)37(28(40)44-24)13-25(38)36-21-11-17(29(32,33)34)5-7-22(21)41-2/h4-12H,3,13-14H2,1-2H3,(H,36,38)/b24-10-. The molecular weight excluding hydrogens is 759 g/mol. The van der Waals surface area contributed by atoms with Gasteiger partial charge in [-0.25, -0.2) is 0 Å². The van der Waals surface area contributed by atoms with Gasteiger partial charge >= 0.3 is 6.18 Å². The number of rotatable bonds is 10. The van der Waals surface area contributed by atoms with Crippen molar-refractivity contribution in [1.82, 2.24) is 4.90 Å². The van der Waals surface area contributed by atoms with E-state index in [1.54, 1.807) is 37.3 Å². The van der Waals surface area contributed by atoms with Gasteiger partial charge in [0.25, 0.3) is 11.1 Å². The van der Waals surface area contributed by atoms with Gasteiger partial charge in [0.2, 0.25) is 5.91 Å². The lowest BCUT2D eigenvalue weighted by molar-refractivity contribution is -0.137. The highest BCUT2D eigenvalue weighted by molar-refractivity contribution is 14.1. The van der Waals surface area contributed by atoms with E-state index in [1.807, 2.05) is 0 Å². The van der Waals surface area contributed by atoms with Crippen LogP contribution in [0.2, 0.25) is 10.0 Å². The molecule has 44 heavy (non-hydrogen) atoms. The fourth-order valence-electron chi connectivity index (χ4n) is 3.97. The minimum absolute atomic E-state index is 0.0243. The largest absolute Gasteiger partial charge is 0.495 e. The summed E-state index contributed by atoms with van der Waals surface area (Å²) in [6.07, 6.45) is -3.18. The number of imide groups is 1. The predicted octanol–water partition coefficient (Wildman–Crippen LogP) is 8.28. The number of nitrogens with zero attached hydrogens (tertiary/aromatic N) is 1. The summed E-state index contributed by atoms with van der Waals surface area (Å²) in [5, 5.41) is 2.51. The van der Waals surface area contributed by atoms with Gasteiger partial charge in [-0.2, -0.15) is 13.2 Å². The molecule has 3 amide bonds. The van der Waals surface area contributed by atoms with E-state index in [2.05, 4.69) is 27.9 Å². The van der Waals surface area contributed by atoms with Crippen LogP contribution in [0.4, 0.5) is 23.7 Å². The number of amides is 3. The summed E-state index contributed by atoms with van der Waals surface area (Å²) in [4.78, 5) is 39.2. The lowest BCUT2D eigenvalue weighted by atomic mass is 10.1. The Balaban J connectivity index is 1.50. The molecule has 1 saturated heterocycles. The Morgan fingerprint density at radius 1 is 1.07 bits per heavy atom. The Morgan fingerprint density at radius 3 is 2.48 bits per heavy atom. The molecule has 0 aromatic heterocycles. The highest BCUT2D eigenvalue weighted by Gasteiger charge is 2.37. The Labute approximate surface area is 277 Å². The molecule has 1 aliphatic heterocycles. The van der Waals surface area contributed by atoms with Crippen LogP contribution in [0.15, 0.2) is 53.4 Å². The molecule has 3 aromatic carbocycles. The first-order valence-electron chi connectivity index (χ1n) is 12.6. The molecule has 0 atom stereocenters. The van der Waals surface area contributed by atoms with Gasteiger partial charge in [0.15, 0.2) is 11.5 Å². The van der Waals surface area contributed by atoms with Crippen molar-refractivity contribution in [1.29, 1.82) is 0 Å². The quantitative estimate of drug-likeness (QED) is 0.164. The number of methoxy groups -OCH3 is 1. The van der Waals surface area contributed by atoms with Gasteiger partial charge in [0, 0.05) is 15.6 Å². The summed E-state index contributed by atoms with van der Waals surface area (Å²) in [6.45, 7) is 1.53. The minimum Gasteiger partial charge on any atom is -0.495 e. The van der Waals surface area contributed by atoms with E-state index in [0.717, 1.165) is 12.1 Å². The molecule has 0 unspecified atom stereocenters. The fraction of sp³-hybridized carbons (Fsp3) is 0.207. The second-order valence-corrected chi connectivity index (χ2v) is 12.0. The van der Waals surface area contributed by atoms with Crippen molar-refractivity contribution in [3.05, 3.63) is 83.7 Å². The summed E-state index contributed by atoms with van der Waals surface area (Å²) < 4.78 is 56.9. The summed E-state index contributed by atoms with van der Waals surface area (Å²) in [7, 11) is 1.23. The highest BCUT2D eigenvalue weighted by atomic mass is 127. The second kappa shape index (κ2) is 14.3. The van der Waals surface area contributed by atoms with E-state index in [-0.39, 0.29) is 22.9 Å². The molecule has 0 radical (unpaired) electrons. The smallest absolute Gasteiger partial charge is 0.416 e. The first-order valence-corrected chi connectivity index (χ1v) is 15.3. The maximum absolute atomic E-state index is 13.2. The topological polar surface area (TPSA) is 94.2 Å². The molecule has 0 spiro atoms. The predicted molar refractivity (Wildman–Crippen MR) is 170 cm³/mol. The number of carbonyl (C=O) groups excluding carboxylic acids is 3. The number of benzene rings is 3. The van der Waals surface area contributed by atoms with Gasteiger partial charge in [-0.05, 0) is 95.4 Å². The lowest BCUT2D eigenvalue weighted by Crippen LogP contribution is -2.36. The number of hydrogen-bond acceptors (Lipinski definition) is 7. The molecule has 0 saturated carbocycles. The Kier molecular flexibility index (Phi) is 11.0. The monoisotopic (exact) mass is 780 g/mol. The summed E-state index contributed by atoms with van der Waals surface area (Å²) in [6, 6.07) is 11.0. The maximum atomic E-state index is 13.2.